The molecule has 1 aromatic rings. The van der Waals surface area contributed by atoms with E-state index in [9.17, 15) is 25.2 Å². The van der Waals surface area contributed by atoms with Crippen molar-refractivity contribution in [1.82, 2.24) is 5.32 Å². The lowest BCUT2D eigenvalue weighted by atomic mass is 9.86. The number of aliphatic hydroxyl groups is 4. The predicted molar refractivity (Wildman–Crippen MR) is 108 cm³/mol. The summed E-state index contributed by atoms with van der Waals surface area (Å²) >= 11 is 0. The predicted octanol–water partition coefficient (Wildman–Crippen LogP) is 0.000100. The lowest BCUT2D eigenvalue weighted by Crippen LogP contribution is -2.60. The van der Waals surface area contributed by atoms with E-state index in [0.717, 1.165) is 24.8 Å². The number of fused-ring (bicyclic) bond motifs is 1. The summed E-state index contributed by atoms with van der Waals surface area (Å²) in [5, 5.41) is 42.3. The number of nitrogens with one attached hydrogen (secondary N) is 1. The van der Waals surface area contributed by atoms with E-state index in [2.05, 4.69) is 5.32 Å². The van der Waals surface area contributed by atoms with Crippen molar-refractivity contribution in [3.63, 3.8) is 0 Å². The topological polar surface area (TPSA) is 138 Å². The van der Waals surface area contributed by atoms with Crippen molar-refractivity contribution in [2.45, 2.75) is 81.6 Å². The first-order chi connectivity index (χ1) is 14.9. The van der Waals surface area contributed by atoms with Crippen LogP contribution in [0.25, 0.3) is 0 Å². The quantitative estimate of drug-likeness (QED) is 0.434. The van der Waals surface area contributed by atoms with Crippen molar-refractivity contribution in [1.29, 1.82) is 0 Å². The Morgan fingerprint density at radius 1 is 1.10 bits per heavy atom. The van der Waals surface area contributed by atoms with Crippen molar-refractivity contribution in [2.75, 3.05) is 6.61 Å². The summed E-state index contributed by atoms with van der Waals surface area (Å²) < 4.78 is 17.4. The summed E-state index contributed by atoms with van der Waals surface area (Å²) in [6.45, 7) is 1.03. The first-order valence-corrected chi connectivity index (χ1v) is 10.9. The van der Waals surface area contributed by atoms with Gasteiger partial charge in [-0.25, -0.2) is 0 Å². The molecule has 0 radical (unpaired) electrons. The molecule has 0 bridgehead atoms. The van der Waals surface area contributed by atoms with Crippen LogP contribution < -0.4 is 10.1 Å². The van der Waals surface area contributed by atoms with E-state index in [1.54, 1.807) is 19.1 Å². The van der Waals surface area contributed by atoms with E-state index >= 15 is 0 Å². The van der Waals surface area contributed by atoms with Gasteiger partial charge in [-0.1, -0.05) is 18.6 Å². The zero-order valence-corrected chi connectivity index (χ0v) is 17.5. The lowest BCUT2D eigenvalue weighted by molar-refractivity contribution is -0.277. The largest absolute Gasteiger partial charge is 0.462 e. The highest BCUT2D eigenvalue weighted by Gasteiger charge is 2.45. The summed E-state index contributed by atoms with van der Waals surface area (Å²) in [4.78, 5) is 11.6. The molecule has 1 aromatic carbocycles. The van der Waals surface area contributed by atoms with Crippen LogP contribution in [-0.4, -0.2) is 75.8 Å². The highest BCUT2D eigenvalue weighted by molar-refractivity contribution is 5.73. The molecule has 9 atom stereocenters. The number of amides is 1. The maximum atomic E-state index is 11.6. The third-order valence-electron chi connectivity index (χ3n) is 6.57. The Balaban J connectivity index is 1.42. The first kappa shape index (κ1) is 22.4. The van der Waals surface area contributed by atoms with Gasteiger partial charge in [-0.05, 0) is 37.0 Å². The molecule has 9 nitrogen and oxygen atoms in total. The van der Waals surface area contributed by atoms with Crippen LogP contribution in [0, 0.1) is 5.92 Å². The summed E-state index contributed by atoms with van der Waals surface area (Å²) in [7, 11) is 0. The van der Waals surface area contributed by atoms with Gasteiger partial charge >= 0.3 is 0 Å². The van der Waals surface area contributed by atoms with E-state index in [1.165, 1.54) is 0 Å². The van der Waals surface area contributed by atoms with Crippen molar-refractivity contribution in [3.8, 4) is 5.75 Å². The Morgan fingerprint density at radius 2 is 1.84 bits per heavy atom. The molecular formula is C22H31NO8. The number of benzene rings is 1. The van der Waals surface area contributed by atoms with Gasteiger partial charge in [0.1, 0.15) is 30.2 Å². The van der Waals surface area contributed by atoms with Crippen LogP contribution in [0.4, 0.5) is 0 Å². The number of hydrogen-bond donors (Lipinski definition) is 5. The molecular weight excluding hydrogens is 406 g/mol. The molecule has 2 saturated heterocycles. The molecule has 172 valence electrons. The van der Waals surface area contributed by atoms with Gasteiger partial charge in [0.25, 0.3) is 0 Å². The van der Waals surface area contributed by atoms with Crippen molar-refractivity contribution < 1.29 is 39.4 Å². The van der Waals surface area contributed by atoms with Gasteiger partial charge in [0.05, 0.1) is 18.8 Å². The average Bonchev–Trinajstić information content (AvgIpc) is 3.23. The van der Waals surface area contributed by atoms with Crippen molar-refractivity contribution >= 4 is 5.91 Å². The fraction of sp³-hybridized carbons (Fsp3) is 0.682. The van der Waals surface area contributed by atoms with E-state index in [4.69, 9.17) is 14.2 Å². The number of aliphatic hydroxyl groups excluding tert-OH is 4. The normalized spacial score (nSPS) is 40.2. The second-order valence-corrected chi connectivity index (χ2v) is 8.68. The Bertz CT molecular complexity index is 756. The van der Waals surface area contributed by atoms with Crippen LogP contribution in [0.3, 0.4) is 0 Å². The molecule has 2 aliphatic heterocycles. The highest BCUT2D eigenvalue weighted by atomic mass is 16.7. The van der Waals surface area contributed by atoms with E-state index in [-0.39, 0.29) is 24.2 Å². The smallest absolute Gasteiger partial charge is 0.229 e. The lowest BCUT2D eigenvalue weighted by Gasteiger charge is -2.40. The van der Waals surface area contributed by atoms with Gasteiger partial charge in [0.2, 0.25) is 12.2 Å². The molecule has 3 aliphatic rings. The molecule has 5 N–H and O–H groups in total. The van der Waals surface area contributed by atoms with Crippen LogP contribution >= 0.6 is 0 Å². The Morgan fingerprint density at radius 3 is 2.52 bits per heavy atom. The van der Waals surface area contributed by atoms with Crippen molar-refractivity contribution in [3.05, 3.63) is 29.8 Å². The molecule has 9 heteroatoms. The molecule has 0 aromatic heterocycles. The Kier molecular flexibility index (Phi) is 6.80. The fourth-order valence-corrected chi connectivity index (χ4v) is 4.96. The Hall–Kier alpha value is -1.75. The van der Waals surface area contributed by atoms with E-state index < -0.39 is 37.3 Å². The zero-order valence-electron chi connectivity index (χ0n) is 17.5. The highest BCUT2D eigenvalue weighted by Crippen LogP contribution is 2.42. The SMILES string of the molecule is CC(=O)N[C@@H]1C[C@H](c2ccc(O[C@H]3O[C@@H](CO)[C@H](O)[C@@H](O)[C@@H]3O)cc2)O[C@@H]2CCC[C@@H]12. The summed E-state index contributed by atoms with van der Waals surface area (Å²) in [5.74, 6) is 0.731. The van der Waals surface area contributed by atoms with Crippen LogP contribution in [-0.2, 0) is 14.3 Å². The molecule has 2 heterocycles. The minimum Gasteiger partial charge on any atom is -0.462 e. The van der Waals surface area contributed by atoms with E-state index in [0.29, 0.717) is 18.1 Å². The van der Waals surface area contributed by atoms with Crippen LogP contribution in [0.2, 0.25) is 0 Å². The maximum absolute atomic E-state index is 11.6. The number of hydrogen-bond acceptors (Lipinski definition) is 8. The molecule has 1 saturated carbocycles. The molecule has 31 heavy (non-hydrogen) atoms. The number of ether oxygens (including phenoxy) is 3. The molecule has 0 spiro atoms. The summed E-state index contributed by atoms with van der Waals surface area (Å²) in [5.41, 5.74) is 0.960. The first-order valence-electron chi connectivity index (χ1n) is 10.9. The summed E-state index contributed by atoms with van der Waals surface area (Å²) in [6.07, 6.45) is -2.77. The van der Waals surface area contributed by atoms with Crippen LogP contribution in [0.5, 0.6) is 5.75 Å². The minimum atomic E-state index is -1.49. The van der Waals surface area contributed by atoms with Gasteiger partial charge in [-0.15, -0.1) is 0 Å². The van der Waals surface area contributed by atoms with Gasteiger partial charge in [0.15, 0.2) is 0 Å². The van der Waals surface area contributed by atoms with Crippen LogP contribution in [0.1, 0.15) is 44.3 Å². The molecule has 3 fully saturated rings. The number of carbonyl (C=O) groups excluding carboxylic acids is 1. The van der Waals surface area contributed by atoms with E-state index in [1.807, 2.05) is 12.1 Å². The average molecular weight is 437 g/mol. The second-order valence-electron chi connectivity index (χ2n) is 8.68. The molecule has 4 rings (SSSR count). The van der Waals surface area contributed by atoms with Gasteiger partial charge in [0, 0.05) is 18.9 Å². The monoisotopic (exact) mass is 437 g/mol. The fourth-order valence-electron chi connectivity index (χ4n) is 4.96. The van der Waals surface area contributed by atoms with Gasteiger partial charge < -0.3 is 40.0 Å². The molecule has 1 amide bonds. The Labute approximate surface area is 180 Å². The number of carbonyl (C=O) groups is 1. The summed E-state index contributed by atoms with van der Waals surface area (Å²) in [6, 6.07) is 7.25. The van der Waals surface area contributed by atoms with Gasteiger partial charge in [-0.2, -0.15) is 0 Å². The zero-order chi connectivity index (χ0) is 22.1. The van der Waals surface area contributed by atoms with Gasteiger partial charge in [-0.3, -0.25) is 4.79 Å². The third-order valence-corrected chi connectivity index (χ3v) is 6.57. The molecule has 1 aliphatic carbocycles. The molecule has 0 unspecified atom stereocenters. The minimum absolute atomic E-state index is 0.0282. The third kappa shape index (κ3) is 4.72. The standard InChI is InChI=1S/C22H31NO8/c1-11(25)23-15-9-17(30-16-4-2-3-14(15)16)12-5-7-13(8-6-12)29-22-21(28)20(27)19(26)18(10-24)31-22/h5-8,14-22,24,26-28H,2-4,9-10H2,1H3,(H,23,25)/t14-,15+,16+,17+,18-,19-,20+,21-,22-/m0/s1. The van der Waals surface area contributed by atoms with Crippen LogP contribution in [0.15, 0.2) is 24.3 Å². The second kappa shape index (κ2) is 9.40. The number of rotatable bonds is 5. The maximum Gasteiger partial charge on any atom is 0.229 e. The van der Waals surface area contributed by atoms with Crippen molar-refractivity contribution in [2.24, 2.45) is 5.92 Å².